The minimum atomic E-state index is -4.67. The summed E-state index contributed by atoms with van der Waals surface area (Å²) in [6, 6.07) is 1.20. The molecule has 5 nitrogen and oxygen atoms in total. The fourth-order valence-corrected chi connectivity index (χ4v) is 1.48. The Kier molecular flexibility index (Phi) is 3.12. The summed E-state index contributed by atoms with van der Waals surface area (Å²) >= 11 is 0. The van der Waals surface area contributed by atoms with E-state index in [9.17, 15) is 13.2 Å². The van der Waals surface area contributed by atoms with Crippen molar-refractivity contribution >= 4 is 0 Å². The Balaban J connectivity index is 2.11. The predicted octanol–water partition coefficient (Wildman–Crippen LogP) is 1.82. The van der Waals surface area contributed by atoms with Crippen LogP contribution in [0.2, 0.25) is 0 Å². The normalized spacial score (nSPS) is 13.8. The maximum absolute atomic E-state index is 12.3. The third-order valence-corrected chi connectivity index (χ3v) is 2.29. The van der Waals surface area contributed by atoms with Crippen molar-refractivity contribution in [2.24, 2.45) is 0 Å². The molecule has 1 unspecified atom stereocenters. The van der Waals surface area contributed by atoms with Crippen molar-refractivity contribution in [2.75, 3.05) is 0 Å². The Hall–Kier alpha value is -1.83. The third-order valence-electron chi connectivity index (χ3n) is 2.29. The van der Waals surface area contributed by atoms with Crippen LogP contribution in [0.5, 0.6) is 0 Å². The van der Waals surface area contributed by atoms with E-state index in [1.807, 2.05) is 0 Å². The van der Waals surface area contributed by atoms with Gasteiger partial charge in [-0.1, -0.05) is 5.16 Å². The molecule has 0 radical (unpaired) electrons. The lowest BCUT2D eigenvalue weighted by atomic mass is 10.2. The first-order valence-corrected chi connectivity index (χ1v) is 5.06. The van der Waals surface area contributed by atoms with Crippen LogP contribution in [0.3, 0.4) is 0 Å². The van der Waals surface area contributed by atoms with Gasteiger partial charge in [0.25, 0.3) is 0 Å². The van der Waals surface area contributed by atoms with Gasteiger partial charge in [-0.3, -0.25) is 0 Å². The van der Waals surface area contributed by atoms with Crippen molar-refractivity contribution in [1.29, 1.82) is 0 Å². The van der Waals surface area contributed by atoms with E-state index in [-0.39, 0.29) is 12.1 Å². The highest BCUT2D eigenvalue weighted by Gasteiger charge is 2.39. The van der Waals surface area contributed by atoms with Crippen LogP contribution in [0.1, 0.15) is 23.4 Å². The molecule has 98 valence electrons. The molecule has 1 atom stereocenters. The van der Waals surface area contributed by atoms with E-state index in [1.165, 1.54) is 23.0 Å². The van der Waals surface area contributed by atoms with Crippen molar-refractivity contribution in [3.8, 4) is 0 Å². The van der Waals surface area contributed by atoms with Gasteiger partial charge in [-0.25, -0.2) is 0 Å². The second kappa shape index (κ2) is 4.45. The standard InChI is InChI=1S/C10H10F3N3O2/c1-6-14-8(15-18-6)5-16-3-2-7(4-16)9(17)10(11,12)13/h2-4,9,17H,5H2,1H3. The van der Waals surface area contributed by atoms with Crippen molar-refractivity contribution < 1.29 is 22.8 Å². The molecule has 0 saturated carbocycles. The molecule has 2 aromatic rings. The van der Waals surface area contributed by atoms with Crippen LogP contribution in [0.15, 0.2) is 23.0 Å². The van der Waals surface area contributed by atoms with Crippen molar-refractivity contribution in [1.82, 2.24) is 14.7 Å². The van der Waals surface area contributed by atoms with E-state index < -0.39 is 12.3 Å². The summed E-state index contributed by atoms with van der Waals surface area (Å²) in [7, 11) is 0. The maximum atomic E-state index is 12.3. The Bertz CT molecular complexity index is 532. The molecule has 0 fully saturated rings. The summed E-state index contributed by atoms with van der Waals surface area (Å²) in [5.41, 5.74) is -0.220. The van der Waals surface area contributed by atoms with Gasteiger partial charge in [0.15, 0.2) is 11.9 Å². The summed E-state index contributed by atoms with van der Waals surface area (Å²) in [6.45, 7) is 1.80. The Morgan fingerprint density at radius 1 is 1.50 bits per heavy atom. The van der Waals surface area contributed by atoms with Crippen molar-refractivity contribution in [3.05, 3.63) is 35.7 Å². The lowest BCUT2D eigenvalue weighted by Gasteiger charge is -2.12. The first kappa shape index (κ1) is 12.6. The van der Waals surface area contributed by atoms with E-state index in [4.69, 9.17) is 9.63 Å². The summed E-state index contributed by atoms with van der Waals surface area (Å²) in [6.07, 6.45) is -4.54. The number of halogens is 3. The van der Waals surface area contributed by atoms with E-state index >= 15 is 0 Å². The zero-order valence-corrected chi connectivity index (χ0v) is 9.35. The molecule has 2 heterocycles. The van der Waals surface area contributed by atoms with Gasteiger partial charge in [-0.05, 0) is 6.07 Å². The second-order valence-electron chi connectivity index (χ2n) is 3.79. The summed E-state index contributed by atoms with van der Waals surface area (Å²) in [4.78, 5) is 3.93. The number of hydrogen-bond acceptors (Lipinski definition) is 4. The first-order chi connectivity index (χ1) is 8.36. The molecule has 2 aromatic heterocycles. The second-order valence-corrected chi connectivity index (χ2v) is 3.79. The molecule has 0 amide bonds. The predicted molar refractivity (Wildman–Crippen MR) is 53.6 cm³/mol. The molecule has 1 N–H and O–H groups in total. The molecular weight excluding hydrogens is 251 g/mol. The highest BCUT2D eigenvalue weighted by molar-refractivity contribution is 5.15. The van der Waals surface area contributed by atoms with Crippen molar-refractivity contribution in [3.63, 3.8) is 0 Å². The molecule has 0 spiro atoms. The van der Waals surface area contributed by atoms with E-state index in [0.717, 1.165) is 0 Å². The molecule has 8 heteroatoms. The van der Waals surface area contributed by atoms with Crippen LogP contribution in [0, 0.1) is 6.92 Å². The van der Waals surface area contributed by atoms with Crippen LogP contribution in [0.4, 0.5) is 13.2 Å². The minimum Gasteiger partial charge on any atom is -0.379 e. The van der Waals surface area contributed by atoms with E-state index in [1.54, 1.807) is 6.92 Å². The van der Waals surface area contributed by atoms with Gasteiger partial charge in [-0.2, -0.15) is 18.2 Å². The van der Waals surface area contributed by atoms with E-state index in [2.05, 4.69) is 10.1 Å². The molecule has 0 bridgehead atoms. The summed E-state index contributed by atoms with van der Waals surface area (Å²) in [5, 5.41) is 12.7. The zero-order valence-electron chi connectivity index (χ0n) is 9.35. The van der Waals surface area contributed by atoms with Gasteiger partial charge in [0.2, 0.25) is 5.89 Å². The van der Waals surface area contributed by atoms with Gasteiger partial charge in [-0.15, -0.1) is 0 Å². The molecule has 0 saturated heterocycles. The number of nitrogens with zero attached hydrogens (tertiary/aromatic N) is 3. The molecule has 0 aliphatic carbocycles. The van der Waals surface area contributed by atoms with Gasteiger partial charge in [0.05, 0.1) is 6.54 Å². The van der Waals surface area contributed by atoms with Gasteiger partial charge in [0, 0.05) is 24.9 Å². The fraction of sp³-hybridized carbons (Fsp3) is 0.400. The topological polar surface area (TPSA) is 64.1 Å². The lowest BCUT2D eigenvalue weighted by molar-refractivity contribution is -0.206. The largest absolute Gasteiger partial charge is 0.418 e. The number of aliphatic hydroxyl groups excluding tert-OH is 1. The molecule has 18 heavy (non-hydrogen) atoms. The van der Waals surface area contributed by atoms with Crippen LogP contribution < -0.4 is 0 Å². The Morgan fingerprint density at radius 3 is 2.78 bits per heavy atom. The number of alkyl halides is 3. The van der Waals surface area contributed by atoms with Crippen LogP contribution in [-0.2, 0) is 6.54 Å². The minimum absolute atomic E-state index is 0.182. The van der Waals surface area contributed by atoms with Crippen LogP contribution in [-0.4, -0.2) is 26.0 Å². The quantitative estimate of drug-likeness (QED) is 0.915. The zero-order chi connectivity index (χ0) is 13.3. The smallest absolute Gasteiger partial charge is 0.379 e. The Labute approximate surface area is 99.8 Å². The van der Waals surface area contributed by atoms with Crippen LogP contribution in [0.25, 0.3) is 0 Å². The molecule has 2 rings (SSSR count). The van der Waals surface area contributed by atoms with Crippen molar-refractivity contribution in [2.45, 2.75) is 25.7 Å². The number of hydrogen-bond donors (Lipinski definition) is 1. The molecule has 0 aliphatic rings. The first-order valence-electron chi connectivity index (χ1n) is 5.06. The third kappa shape index (κ3) is 2.70. The monoisotopic (exact) mass is 261 g/mol. The SMILES string of the molecule is Cc1nc(Cn2ccc(C(O)C(F)(F)F)c2)no1. The number of aliphatic hydroxyl groups is 1. The van der Waals surface area contributed by atoms with E-state index in [0.29, 0.717) is 11.7 Å². The highest BCUT2D eigenvalue weighted by Crippen LogP contribution is 2.32. The average Bonchev–Trinajstić information content (AvgIpc) is 2.86. The van der Waals surface area contributed by atoms with Crippen LogP contribution >= 0.6 is 0 Å². The fourth-order valence-electron chi connectivity index (χ4n) is 1.48. The molecular formula is C10H10F3N3O2. The number of aromatic nitrogens is 3. The number of aryl methyl sites for hydroxylation is 1. The maximum Gasteiger partial charge on any atom is 0.418 e. The summed E-state index contributed by atoms with van der Waals surface area (Å²) in [5.74, 6) is 0.740. The van der Waals surface area contributed by atoms with Gasteiger partial charge in [0.1, 0.15) is 0 Å². The Morgan fingerprint density at radius 2 is 2.22 bits per heavy atom. The summed E-state index contributed by atoms with van der Waals surface area (Å²) < 4.78 is 43.0. The van der Waals surface area contributed by atoms with Gasteiger partial charge < -0.3 is 14.2 Å². The average molecular weight is 261 g/mol. The lowest BCUT2D eigenvalue weighted by Crippen LogP contribution is -2.19. The highest BCUT2D eigenvalue weighted by atomic mass is 19.4. The van der Waals surface area contributed by atoms with Gasteiger partial charge >= 0.3 is 6.18 Å². The number of rotatable bonds is 3. The molecule has 0 aliphatic heterocycles. The molecule has 0 aromatic carbocycles.